The highest BCUT2D eigenvalue weighted by molar-refractivity contribution is 5.98. The SMILES string of the molecule is Cc1nn(C)c(C)c1C(=O)N(CC(N)=O)C1CCNCC1. The molecule has 0 aliphatic carbocycles. The summed E-state index contributed by atoms with van der Waals surface area (Å²) in [5, 5.41) is 7.54. The zero-order valence-electron chi connectivity index (χ0n) is 12.8. The van der Waals surface area contributed by atoms with Crippen LogP contribution in [0.4, 0.5) is 0 Å². The number of nitrogens with two attached hydrogens (primary N) is 1. The lowest BCUT2D eigenvalue weighted by Crippen LogP contribution is -2.49. The van der Waals surface area contributed by atoms with Gasteiger partial charge in [-0.05, 0) is 39.8 Å². The van der Waals surface area contributed by atoms with E-state index in [1.165, 1.54) is 0 Å². The summed E-state index contributed by atoms with van der Waals surface area (Å²) in [5.74, 6) is -0.634. The lowest BCUT2D eigenvalue weighted by Gasteiger charge is -2.34. The average Bonchev–Trinajstić information content (AvgIpc) is 2.70. The third-order valence-electron chi connectivity index (χ3n) is 4.06. The molecule has 0 spiro atoms. The first-order valence-electron chi connectivity index (χ1n) is 7.22. The number of amides is 2. The normalized spacial score (nSPS) is 16.0. The molecule has 3 N–H and O–H groups in total. The Morgan fingerprint density at radius 1 is 1.38 bits per heavy atom. The molecule has 0 unspecified atom stereocenters. The van der Waals surface area contributed by atoms with Gasteiger partial charge in [0.25, 0.3) is 5.91 Å². The van der Waals surface area contributed by atoms with Crippen LogP contribution in [0.3, 0.4) is 0 Å². The van der Waals surface area contributed by atoms with Crippen LogP contribution in [0, 0.1) is 13.8 Å². The van der Waals surface area contributed by atoms with Crippen molar-refractivity contribution in [1.29, 1.82) is 0 Å². The number of aryl methyl sites for hydroxylation is 2. The van der Waals surface area contributed by atoms with Crippen LogP contribution >= 0.6 is 0 Å². The number of hydrogen-bond acceptors (Lipinski definition) is 4. The number of hydrogen-bond donors (Lipinski definition) is 2. The molecule has 1 fully saturated rings. The first-order chi connectivity index (χ1) is 9.91. The van der Waals surface area contributed by atoms with Crippen molar-refractivity contribution in [3.05, 3.63) is 17.0 Å². The van der Waals surface area contributed by atoms with Gasteiger partial charge in [-0.25, -0.2) is 0 Å². The van der Waals surface area contributed by atoms with Gasteiger partial charge >= 0.3 is 0 Å². The Hall–Kier alpha value is -1.89. The molecule has 7 nitrogen and oxygen atoms in total. The number of carbonyl (C=O) groups excluding carboxylic acids is 2. The Labute approximate surface area is 124 Å². The van der Waals surface area contributed by atoms with E-state index in [-0.39, 0.29) is 18.5 Å². The minimum Gasteiger partial charge on any atom is -0.368 e. The van der Waals surface area contributed by atoms with Crippen LogP contribution in [0.25, 0.3) is 0 Å². The monoisotopic (exact) mass is 293 g/mol. The molecule has 1 aromatic heterocycles. The molecule has 0 atom stereocenters. The van der Waals surface area contributed by atoms with Crippen LogP contribution in [-0.4, -0.2) is 52.2 Å². The zero-order chi connectivity index (χ0) is 15.6. The largest absolute Gasteiger partial charge is 0.368 e. The fraction of sp³-hybridized carbons (Fsp3) is 0.643. The molecule has 1 aliphatic heterocycles. The standard InChI is InChI=1S/C14H23N5O2/c1-9-13(10(2)18(3)17-9)14(21)19(8-12(15)20)11-4-6-16-7-5-11/h11,16H,4-8H2,1-3H3,(H2,15,20). The van der Waals surface area contributed by atoms with Crippen molar-refractivity contribution in [2.75, 3.05) is 19.6 Å². The summed E-state index contributed by atoms with van der Waals surface area (Å²) in [6.07, 6.45) is 1.66. The highest BCUT2D eigenvalue weighted by atomic mass is 16.2. The molecule has 116 valence electrons. The van der Waals surface area contributed by atoms with Gasteiger partial charge in [0.2, 0.25) is 5.91 Å². The number of aromatic nitrogens is 2. The number of carbonyl (C=O) groups is 2. The molecular weight excluding hydrogens is 270 g/mol. The molecule has 2 rings (SSSR count). The average molecular weight is 293 g/mol. The van der Waals surface area contributed by atoms with Gasteiger partial charge in [0, 0.05) is 18.8 Å². The Bertz CT molecular complexity index is 546. The molecule has 1 aromatic rings. The maximum absolute atomic E-state index is 12.9. The molecule has 21 heavy (non-hydrogen) atoms. The Morgan fingerprint density at radius 3 is 2.48 bits per heavy atom. The van der Waals surface area contributed by atoms with E-state index in [9.17, 15) is 9.59 Å². The number of nitrogens with one attached hydrogen (secondary N) is 1. The van der Waals surface area contributed by atoms with Crippen LogP contribution in [0.1, 0.15) is 34.6 Å². The Morgan fingerprint density at radius 2 is 2.00 bits per heavy atom. The first-order valence-corrected chi connectivity index (χ1v) is 7.22. The smallest absolute Gasteiger partial charge is 0.258 e. The van der Waals surface area contributed by atoms with Gasteiger partial charge in [-0.15, -0.1) is 0 Å². The predicted octanol–water partition coefficient (Wildman–Crippen LogP) is -0.284. The van der Waals surface area contributed by atoms with Gasteiger partial charge in [-0.2, -0.15) is 5.10 Å². The maximum atomic E-state index is 12.9. The second kappa shape index (κ2) is 6.26. The summed E-state index contributed by atoms with van der Waals surface area (Å²) in [4.78, 5) is 25.8. The highest BCUT2D eigenvalue weighted by Crippen LogP contribution is 2.19. The zero-order valence-corrected chi connectivity index (χ0v) is 12.8. The quantitative estimate of drug-likeness (QED) is 0.798. The predicted molar refractivity (Wildman–Crippen MR) is 78.8 cm³/mol. The van der Waals surface area contributed by atoms with Gasteiger partial charge in [0.05, 0.1) is 17.8 Å². The Balaban J connectivity index is 2.30. The van der Waals surface area contributed by atoms with E-state index < -0.39 is 5.91 Å². The Kier molecular flexibility index (Phi) is 4.62. The van der Waals surface area contributed by atoms with Gasteiger partial charge < -0.3 is 16.0 Å². The van der Waals surface area contributed by atoms with E-state index in [1.807, 2.05) is 20.9 Å². The highest BCUT2D eigenvalue weighted by Gasteiger charge is 2.30. The van der Waals surface area contributed by atoms with Crippen LogP contribution in [0.2, 0.25) is 0 Å². The summed E-state index contributed by atoms with van der Waals surface area (Å²) in [5.41, 5.74) is 7.40. The van der Waals surface area contributed by atoms with E-state index in [0.29, 0.717) is 11.3 Å². The summed E-state index contributed by atoms with van der Waals surface area (Å²) in [6, 6.07) is 0.0465. The number of piperidine rings is 1. The number of rotatable bonds is 4. The third-order valence-corrected chi connectivity index (χ3v) is 4.06. The fourth-order valence-corrected chi connectivity index (χ4v) is 2.88. The molecule has 0 saturated carbocycles. The van der Waals surface area contributed by atoms with Crippen molar-refractivity contribution in [3.8, 4) is 0 Å². The number of primary amides is 1. The minimum atomic E-state index is -0.485. The lowest BCUT2D eigenvalue weighted by atomic mass is 10.0. The minimum absolute atomic E-state index is 0.0444. The van der Waals surface area contributed by atoms with Crippen molar-refractivity contribution in [3.63, 3.8) is 0 Å². The molecule has 2 amide bonds. The maximum Gasteiger partial charge on any atom is 0.258 e. The second-order valence-electron chi connectivity index (χ2n) is 5.55. The molecule has 0 aromatic carbocycles. The van der Waals surface area contributed by atoms with Gasteiger partial charge in [-0.1, -0.05) is 0 Å². The van der Waals surface area contributed by atoms with Crippen LogP contribution in [0.5, 0.6) is 0 Å². The van der Waals surface area contributed by atoms with Gasteiger partial charge in [0.15, 0.2) is 0 Å². The summed E-state index contributed by atoms with van der Waals surface area (Å²) in [6.45, 7) is 5.32. The van der Waals surface area contributed by atoms with Crippen molar-refractivity contribution in [2.24, 2.45) is 12.8 Å². The molecule has 0 bridgehead atoms. The van der Waals surface area contributed by atoms with Crippen molar-refractivity contribution in [1.82, 2.24) is 20.0 Å². The van der Waals surface area contributed by atoms with Crippen LogP contribution in [-0.2, 0) is 11.8 Å². The van der Waals surface area contributed by atoms with E-state index in [4.69, 9.17) is 5.73 Å². The fourth-order valence-electron chi connectivity index (χ4n) is 2.88. The molecule has 1 saturated heterocycles. The summed E-state index contributed by atoms with van der Waals surface area (Å²) < 4.78 is 1.69. The van der Waals surface area contributed by atoms with Gasteiger partial charge in [0.1, 0.15) is 0 Å². The number of nitrogens with zero attached hydrogens (tertiary/aromatic N) is 3. The molecular formula is C14H23N5O2. The summed E-state index contributed by atoms with van der Waals surface area (Å²) in [7, 11) is 1.81. The van der Waals surface area contributed by atoms with Crippen molar-refractivity contribution >= 4 is 11.8 Å². The molecule has 1 aliphatic rings. The van der Waals surface area contributed by atoms with E-state index in [1.54, 1.807) is 9.58 Å². The topological polar surface area (TPSA) is 93.2 Å². The molecule has 7 heteroatoms. The van der Waals surface area contributed by atoms with Crippen LogP contribution < -0.4 is 11.1 Å². The van der Waals surface area contributed by atoms with Crippen molar-refractivity contribution < 1.29 is 9.59 Å². The molecule has 2 heterocycles. The second-order valence-corrected chi connectivity index (χ2v) is 5.55. The van der Waals surface area contributed by atoms with Crippen LogP contribution in [0.15, 0.2) is 0 Å². The lowest BCUT2D eigenvalue weighted by molar-refractivity contribution is -0.119. The van der Waals surface area contributed by atoms with E-state index in [2.05, 4.69) is 10.4 Å². The van der Waals surface area contributed by atoms with Crippen molar-refractivity contribution in [2.45, 2.75) is 32.7 Å². The van der Waals surface area contributed by atoms with E-state index >= 15 is 0 Å². The van der Waals surface area contributed by atoms with Gasteiger partial charge in [-0.3, -0.25) is 14.3 Å². The summed E-state index contributed by atoms with van der Waals surface area (Å²) >= 11 is 0. The molecule has 0 radical (unpaired) electrons. The van der Waals surface area contributed by atoms with E-state index in [0.717, 1.165) is 31.6 Å². The third kappa shape index (κ3) is 3.24. The first kappa shape index (κ1) is 15.5.